The number of carboxylic acid groups (broad SMARTS) is 1. The number of hydrogen-bond donors (Lipinski definition) is 2. The summed E-state index contributed by atoms with van der Waals surface area (Å²) in [5, 5.41) is 12.3. The highest BCUT2D eigenvalue weighted by Gasteiger charge is 2.25. The molecule has 0 saturated carbocycles. The maximum Gasteiger partial charge on any atom is 0.408 e. The van der Waals surface area contributed by atoms with E-state index in [9.17, 15) is 14.7 Å². The van der Waals surface area contributed by atoms with E-state index in [1.54, 1.807) is 39.0 Å². The molecule has 0 radical (unpaired) electrons. The number of benzene rings is 1. The summed E-state index contributed by atoms with van der Waals surface area (Å²) in [5.41, 5.74) is -0.173. The summed E-state index contributed by atoms with van der Waals surface area (Å²) >= 11 is 11.8. The van der Waals surface area contributed by atoms with Crippen molar-refractivity contribution in [1.29, 1.82) is 0 Å². The van der Waals surface area contributed by atoms with Crippen molar-refractivity contribution in [3.05, 3.63) is 33.8 Å². The van der Waals surface area contributed by atoms with Crippen LogP contribution in [0.15, 0.2) is 18.2 Å². The van der Waals surface area contributed by atoms with Crippen molar-refractivity contribution in [3.8, 4) is 0 Å². The van der Waals surface area contributed by atoms with Gasteiger partial charge in [-0.25, -0.2) is 9.59 Å². The van der Waals surface area contributed by atoms with Crippen LogP contribution in [0.25, 0.3) is 0 Å². The molecule has 1 rings (SSSR count). The van der Waals surface area contributed by atoms with Gasteiger partial charge < -0.3 is 15.2 Å². The normalized spacial score (nSPS) is 12.6. The van der Waals surface area contributed by atoms with E-state index in [-0.39, 0.29) is 6.42 Å². The summed E-state index contributed by atoms with van der Waals surface area (Å²) in [4.78, 5) is 22.9. The quantitative estimate of drug-likeness (QED) is 0.883. The topological polar surface area (TPSA) is 75.6 Å². The molecule has 21 heavy (non-hydrogen) atoms. The molecule has 0 bridgehead atoms. The molecule has 1 aromatic carbocycles. The lowest BCUT2D eigenvalue weighted by Crippen LogP contribution is -2.44. The number of ether oxygens (including phenoxy) is 1. The minimum absolute atomic E-state index is 0.00791. The fraction of sp³-hybridized carbons (Fsp3) is 0.429. The van der Waals surface area contributed by atoms with E-state index in [1.165, 1.54) is 0 Å². The Hall–Kier alpha value is -1.46. The number of aliphatic carboxylic acids is 1. The number of carbonyl (C=O) groups is 2. The van der Waals surface area contributed by atoms with Crippen molar-refractivity contribution in [3.63, 3.8) is 0 Å². The van der Waals surface area contributed by atoms with E-state index in [0.717, 1.165) is 0 Å². The molecule has 0 aromatic heterocycles. The van der Waals surface area contributed by atoms with Crippen LogP contribution in [-0.4, -0.2) is 28.8 Å². The van der Waals surface area contributed by atoms with E-state index >= 15 is 0 Å². The molecule has 0 aliphatic carbocycles. The Bertz CT molecular complexity index is 540. The SMILES string of the molecule is CC(C)(C)OC(=O)N[C@@H](Cc1cc(Cl)ccc1Cl)C(=O)O. The first-order valence-corrected chi connectivity index (χ1v) is 7.00. The highest BCUT2D eigenvalue weighted by Crippen LogP contribution is 2.22. The summed E-state index contributed by atoms with van der Waals surface area (Å²) in [7, 11) is 0. The molecule has 0 saturated heterocycles. The monoisotopic (exact) mass is 333 g/mol. The van der Waals surface area contributed by atoms with Gasteiger partial charge in [0.25, 0.3) is 0 Å². The largest absolute Gasteiger partial charge is 0.480 e. The van der Waals surface area contributed by atoms with E-state index in [0.29, 0.717) is 15.6 Å². The van der Waals surface area contributed by atoms with Crippen LogP contribution in [0.3, 0.4) is 0 Å². The molecule has 116 valence electrons. The van der Waals surface area contributed by atoms with Crippen molar-refractivity contribution in [2.24, 2.45) is 0 Å². The molecule has 2 N–H and O–H groups in total. The minimum Gasteiger partial charge on any atom is -0.480 e. The fourth-order valence-electron chi connectivity index (χ4n) is 1.57. The molecule has 1 aromatic rings. The number of rotatable bonds is 4. The smallest absolute Gasteiger partial charge is 0.408 e. The van der Waals surface area contributed by atoms with Gasteiger partial charge in [0.1, 0.15) is 11.6 Å². The van der Waals surface area contributed by atoms with Crippen LogP contribution in [0.2, 0.25) is 10.0 Å². The van der Waals surface area contributed by atoms with Crippen molar-refractivity contribution < 1.29 is 19.4 Å². The van der Waals surface area contributed by atoms with Crippen LogP contribution in [0.4, 0.5) is 4.79 Å². The van der Waals surface area contributed by atoms with Crippen LogP contribution in [0, 0.1) is 0 Å². The molecule has 1 atom stereocenters. The maximum atomic E-state index is 11.7. The third-order valence-corrected chi connectivity index (χ3v) is 3.02. The average Bonchev–Trinajstić information content (AvgIpc) is 2.30. The van der Waals surface area contributed by atoms with Crippen LogP contribution in [0.1, 0.15) is 26.3 Å². The molecular weight excluding hydrogens is 317 g/mol. The van der Waals surface area contributed by atoms with Crippen molar-refractivity contribution in [2.45, 2.75) is 38.8 Å². The number of carbonyl (C=O) groups excluding carboxylic acids is 1. The summed E-state index contributed by atoms with van der Waals surface area (Å²) in [6.07, 6.45) is -0.790. The Labute approximate surface area is 133 Å². The highest BCUT2D eigenvalue weighted by molar-refractivity contribution is 6.33. The maximum absolute atomic E-state index is 11.7. The van der Waals surface area contributed by atoms with Crippen LogP contribution < -0.4 is 5.32 Å². The Morgan fingerprint density at radius 3 is 2.48 bits per heavy atom. The second kappa shape index (κ2) is 7.00. The number of carboxylic acids is 1. The van der Waals surface area contributed by atoms with Crippen LogP contribution >= 0.6 is 23.2 Å². The van der Waals surface area contributed by atoms with Crippen molar-refractivity contribution >= 4 is 35.3 Å². The minimum atomic E-state index is -1.18. The van der Waals surface area contributed by atoms with Gasteiger partial charge in [0, 0.05) is 16.5 Å². The average molecular weight is 334 g/mol. The zero-order valence-electron chi connectivity index (χ0n) is 11.9. The van der Waals surface area contributed by atoms with Crippen LogP contribution in [-0.2, 0) is 16.0 Å². The van der Waals surface area contributed by atoms with Gasteiger partial charge in [-0.15, -0.1) is 0 Å². The fourth-order valence-corrected chi connectivity index (χ4v) is 1.96. The highest BCUT2D eigenvalue weighted by atomic mass is 35.5. The van der Waals surface area contributed by atoms with E-state index in [1.807, 2.05) is 0 Å². The van der Waals surface area contributed by atoms with E-state index < -0.39 is 23.7 Å². The molecule has 1 amide bonds. The lowest BCUT2D eigenvalue weighted by Gasteiger charge is -2.22. The Balaban J connectivity index is 2.81. The zero-order chi connectivity index (χ0) is 16.2. The van der Waals surface area contributed by atoms with Crippen molar-refractivity contribution in [2.75, 3.05) is 0 Å². The molecule has 0 fully saturated rings. The standard InChI is InChI=1S/C14H17Cl2NO4/c1-14(2,3)21-13(20)17-11(12(18)19)7-8-6-9(15)4-5-10(8)16/h4-6,11H,7H2,1-3H3,(H,17,20)(H,18,19)/t11-/m0/s1. The summed E-state index contributed by atoms with van der Waals surface area (Å²) in [6.45, 7) is 5.07. The van der Waals surface area contributed by atoms with Gasteiger partial charge in [0.2, 0.25) is 0 Å². The van der Waals surface area contributed by atoms with E-state index in [2.05, 4.69) is 5.32 Å². The second-order valence-electron chi connectivity index (χ2n) is 5.48. The number of amides is 1. The molecule has 0 spiro atoms. The number of nitrogens with one attached hydrogen (secondary N) is 1. The van der Waals surface area contributed by atoms with Crippen LogP contribution in [0.5, 0.6) is 0 Å². The zero-order valence-corrected chi connectivity index (χ0v) is 13.5. The molecule has 0 aliphatic rings. The lowest BCUT2D eigenvalue weighted by molar-refractivity contribution is -0.139. The van der Waals surface area contributed by atoms with E-state index in [4.69, 9.17) is 27.9 Å². The number of alkyl carbamates (subject to hydrolysis) is 1. The third-order valence-electron chi connectivity index (χ3n) is 2.42. The number of hydrogen-bond acceptors (Lipinski definition) is 3. The van der Waals surface area contributed by atoms with Gasteiger partial charge in [-0.1, -0.05) is 23.2 Å². The Morgan fingerprint density at radius 2 is 1.95 bits per heavy atom. The first-order valence-electron chi connectivity index (χ1n) is 6.25. The summed E-state index contributed by atoms with van der Waals surface area (Å²) in [6, 6.07) is 3.59. The predicted octanol–water partition coefficient (Wildman–Crippen LogP) is 3.51. The third kappa shape index (κ3) is 6.23. The van der Waals surface area contributed by atoms with Gasteiger partial charge in [-0.05, 0) is 44.5 Å². The second-order valence-corrected chi connectivity index (χ2v) is 6.32. The van der Waals surface area contributed by atoms with Gasteiger partial charge >= 0.3 is 12.1 Å². The molecule has 7 heteroatoms. The van der Waals surface area contributed by atoms with Crippen molar-refractivity contribution in [1.82, 2.24) is 5.32 Å². The molecule has 0 heterocycles. The van der Waals surface area contributed by atoms with Gasteiger partial charge in [-0.2, -0.15) is 0 Å². The Kier molecular flexibility index (Phi) is 5.87. The predicted molar refractivity (Wildman–Crippen MR) is 81.0 cm³/mol. The first-order chi connectivity index (χ1) is 9.58. The Morgan fingerprint density at radius 1 is 1.33 bits per heavy atom. The number of halogens is 2. The first kappa shape index (κ1) is 17.6. The van der Waals surface area contributed by atoms with Gasteiger partial charge in [0.15, 0.2) is 0 Å². The van der Waals surface area contributed by atoms with Gasteiger partial charge in [0.05, 0.1) is 0 Å². The lowest BCUT2D eigenvalue weighted by atomic mass is 10.1. The van der Waals surface area contributed by atoms with Gasteiger partial charge in [-0.3, -0.25) is 0 Å². The summed E-state index contributed by atoms with van der Waals surface area (Å²) in [5.74, 6) is -1.18. The molecule has 0 aliphatic heterocycles. The summed E-state index contributed by atoms with van der Waals surface area (Å²) < 4.78 is 5.04. The molecule has 5 nitrogen and oxygen atoms in total. The molecular formula is C14H17Cl2NO4. The molecule has 0 unspecified atom stereocenters.